The minimum absolute atomic E-state index is 0.0767. The minimum Gasteiger partial charge on any atom is -0.490 e. The van der Waals surface area contributed by atoms with Crippen LogP contribution in [0.4, 0.5) is 0 Å². The van der Waals surface area contributed by atoms with E-state index in [1.54, 1.807) is 6.07 Å². The fourth-order valence-electron chi connectivity index (χ4n) is 3.38. The molecule has 128 valence electrons. The maximum atomic E-state index is 10.9. The summed E-state index contributed by atoms with van der Waals surface area (Å²) in [7, 11) is 0. The molecule has 2 aromatic rings. The van der Waals surface area contributed by atoms with Crippen molar-refractivity contribution in [3.8, 4) is 17.1 Å². The second-order valence-electron chi connectivity index (χ2n) is 6.72. The van der Waals surface area contributed by atoms with Crippen LogP contribution in [0.5, 0.6) is 5.75 Å². The van der Waals surface area contributed by atoms with Gasteiger partial charge in [-0.25, -0.2) is 0 Å². The lowest BCUT2D eigenvalue weighted by molar-refractivity contribution is 0.110. The summed E-state index contributed by atoms with van der Waals surface area (Å²) in [6.45, 7) is 8.31. The van der Waals surface area contributed by atoms with Gasteiger partial charge in [-0.05, 0) is 88.0 Å². The maximum Gasteiger partial charge on any atom is 0.185 e. The molecule has 1 N–H and O–H groups in total. The summed E-state index contributed by atoms with van der Waals surface area (Å²) in [4.78, 5) is 10.9. The van der Waals surface area contributed by atoms with Gasteiger partial charge >= 0.3 is 0 Å². The molecule has 0 spiro atoms. The molecule has 24 heavy (non-hydrogen) atoms. The number of ether oxygens (including phenoxy) is 1. The lowest BCUT2D eigenvalue weighted by Crippen LogP contribution is -2.27. The lowest BCUT2D eigenvalue weighted by atomic mass is 9.86. The van der Waals surface area contributed by atoms with Gasteiger partial charge in [-0.3, -0.25) is 4.79 Å². The smallest absolute Gasteiger partial charge is 0.185 e. The summed E-state index contributed by atoms with van der Waals surface area (Å²) in [6.07, 6.45) is 3.10. The Labute approximate surface area is 143 Å². The highest BCUT2D eigenvalue weighted by Gasteiger charge is 2.21. The van der Waals surface area contributed by atoms with E-state index in [2.05, 4.69) is 24.4 Å². The molecule has 0 amide bonds. The van der Waals surface area contributed by atoms with Crippen molar-refractivity contribution in [2.45, 2.75) is 45.6 Å². The van der Waals surface area contributed by atoms with Crippen molar-refractivity contribution in [3.05, 3.63) is 41.2 Å². The normalized spacial score (nSPS) is 15.7. The predicted molar refractivity (Wildman–Crippen MR) is 94.9 cm³/mol. The monoisotopic (exact) mass is 327 g/mol. The van der Waals surface area contributed by atoms with E-state index < -0.39 is 0 Å². The molecule has 0 radical (unpaired) electrons. The molecule has 3 rings (SSSR count). The molecule has 2 heterocycles. The van der Waals surface area contributed by atoms with Gasteiger partial charge in [0.25, 0.3) is 0 Å². The molecular weight excluding hydrogens is 302 g/mol. The average molecular weight is 327 g/mol. The van der Waals surface area contributed by atoms with E-state index in [0.29, 0.717) is 17.4 Å². The number of furan rings is 1. The van der Waals surface area contributed by atoms with Gasteiger partial charge in [0.1, 0.15) is 11.5 Å². The summed E-state index contributed by atoms with van der Waals surface area (Å²) < 4.78 is 11.7. The molecule has 1 aromatic heterocycles. The van der Waals surface area contributed by atoms with Gasteiger partial charge in [-0.1, -0.05) is 0 Å². The van der Waals surface area contributed by atoms with Crippen molar-refractivity contribution in [2.24, 2.45) is 0 Å². The minimum atomic E-state index is 0.0767. The molecule has 1 aromatic carbocycles. The zero-order chi connectivity index (χ0) is 17.1. The standard InChI is InChI=1S/C20H25NO3/c1-13(2)23-20-11-17(15-6-8-21-9-7-15)14(3)10-18(20)19-5-4-16(12-22)24-19/h4-5,10-13,15,21H,6-9H2,1-3H3. The van der Waals surface area contributed by atoms with Crippen LogP contribution in [-0.2, 0) is 0 Å². The van der Waals surface area contributed by atoms with Crippen LogP contribution in [0.25, 0.3) is 11.3 Å². The number of rotatable bonds is 5. The fourth-order valence-corrected chi connectivity index (χ4v) is 3.38. The van der Waals surface area contributed by atoms with Gasteiger partial charge in [0.2, 0.25) is 0 Å². The van der Waals surface area contributed by atoms with E-state index >= 15 is 0 Å². The summed E-state index contributed by atoms with van der Waals surface area (Å²) in [5.74, 6) is 2.40. The molecule has 1 aliphatic heterocycles. The molecule has 0 bridgehead atoms. The van der Waals surface area contributed by atoms with E-state index in [1.165, 1.54) is 11.1 Å². The molecule has 4 heteroatoms. The van der Waals surface area contributed by atoms with Crippen LogP contribution >= 0.6 is 0 Å². The Hall–Kier alpha value is -2.07. The van der Waals surface area contributed by atoms with Gasteiger partial charge in [0, 0.05) is 0 Å². The Bertz CT molecular complexity index is 712. The van der Waals surface area contributed by atoms with Crippen molar-refractivity contribution in [1.29, 1.82) is 0 Å². The number of aldehydes is 1. The number of hydrogen-bond acceptors (Lipinski definition) is 4. The maximum absolute atomic E-state index is 10.9. The first kappa shape index (κ1) is 16.8. The average Bonchev–Trinajstić information content (AvgIpc) is 3.05. The third-order valence-corrected chi connectivity index (χ3v) is 4.52. The molecule has 0 atom stereocenters. The van der Waals surface area contributed by atoms with Crippen molar-refractivity contribution < 1.29 is 13.9 Å². The van der Waals surface area contributed by atoms with Crippen LogP contribution in [0.15, 0.2) is 28.7 Å². The first-order chi connectivity index (χ1) is 11.6. The van der Waals surface area contributed by atoms with E-state index in [1.807, 2.05) is 19.9 Å². The Balaban J connectivity index is 2.03. The van der Waals surface area contributed by atoms with Crippen LogP contribution in [-0.4, -0.2) is 25.5 Å². The molecule has 0 aliphatic carbocycles. The number of nitrogens with one attached hydrogen (secondary N) is 1. The molecule has 4 nitrogen and oxygen atoms in total. The lowest BCUT2D eigenvalue weighted by Gasteiger charge is -2.26. The Morgan fingerprint density at radius 2 is 2.00 bits per heavy atom. The molecule has 0 saturated carbocycles. The number of piperidine rings is 1. The van der Waals surface area contributed by atoms with Crippen molar-refractivity contribution >= 4 is 6.29 Å². The van der Waals surface area contributed by atoms with E-state index in [0.717, 1.165) is 43.5 Å². The summed E-state index contributed by atoms with van der Waals surface area (Å²) in [5.41, 5.74) is 3.52. The molecule has 0 unspecified atom stereocenters. The highest BCUT2D eigenvalue weighted by atomic mass is 16.5. The second-order valence-corrected chi connectivity index (χ2v) is 6.72. The van der Waals surface area contributed by atoms with Crippen molar-refractivity contribution in [3.63, 3.8) is 0 Å². The summed E-state index contributed by atoms with van der Waals surface area (Å²) >= 11 is 0. The SMILES string of the molecule is Cc1cc(-c2ccc(C=O)o2)c(OC(C)C)cc1C1CCNCC1. The van der Waals surface area contributed by atoms with Crippen LogP contribution < -0.4 is 10.1 Å². The van der Waals surface area contributed by atoms with Gasteiger partial charge in [0.15, 0.2) is 12.0 Å². The first-order valence-electron chi connectivity index (χ1n) is 8.65. The van der Waals surface area contributed by atoms with Crippen molar-refractivity contribution in [1.82, 2.24) is 5.32 Å². The number of carbonyl (C=O) groups excluding carboxylic acids is 1. The largest absolute Gasteiger partial charge is 0.490 e. The Kier molecular flexibility index (Phi) is 5.05. The molecule has 1 saturated heterocycles. The molecule has 1 fully saturated rings. The van der Waals surface area contributed by atoms with Crippen LogP contribution in [0.2, 0.25) is 0 Å². The summed E-state index contributed by atoms with van der Waals surface area (Å²) in [6, 6.07) is 7.82. The first-order valence-corrected chi connectivity index (χ1v) is 8.65. The quantitative estimate of drug-likeness (QED) is 0.831. The van der Waals surface area contributed by atoms with Gasteiger partial charge < -0.3 is 14.5 Å². The number of hydrogen-bond donors (Lipinski definition) is 1. The molecule has 1 aliphatic rings. The highest BCUT2D eigenvalue weighted by Crippen LogP contribution is 2.38. The van der Waals surface area contributed by atoms with E-state index in [9.17, 15) is 4.79 Å². The fraction of sp³-hybridized carbons (Fsp3) is 0.450. The third kappa shape index (κ3) is 3.54. The van der Waals surface area contributed by atoms with E-state index in [4.69, 9.17) is 9.15 Å². The number of benzene rings is 1. The predicted octanol–water partition coefficient (Wildman–Crippen LogP) is 4.32. The molecular formula is C20H25NO3. The zero-order valence-corrected chi connectivity index (χ0v) is 14.6. The second kappa shape index (κ2) is 7.22. The number of carbonyl (C=O) groups is 1. The van der Waals surface area contributed by atoms with Gasteiger partial charge in [-0.2, -0.15) is 0 Å². The zero-order valence-electron chi connectivity index (χ0n) is 14.6. The van der Waals surface area contributed by atoms with Crippen LogP contribution in [0.3, 0.4) is 0 Å². The van der Waals surface area contributed by atoms with E-state index in [-0.39, 0.29) is 6.10 Å². The van der Waals surface area contributed by atoms with Crippen molar-refractivity contribution in [2.75, 3.05) is 13.1 Å². The van der Waals surface area contributed by atoms with Crippen LogP contribution in [0, 0.1) is 6.92 Å². The topological polar surface area (TPSA) is 51.5 Å². The third-order valence-electron chi connectivity index (χ3n) is 4.52. The van der Waals surface area contributed by atoms with Gasteiger partial charge in [-0.15, -0.1) is 0 Å². The Morgan fingerprint density at radius 3 is 2.62 bits per heavy atom. The Morgan fingerprint density at radius 1 is 1.25 bits per heavy atom. The number of aryl methyl sites for hydroxylation is 1. The van der Waals surface area contributed by atoms with Gasteiger partial charge in [0.05, 0.1) is 11.7 Å². The summed E-state index contributed by atoms with van der Waals surface area (Å²) in [5, 5.41) is 3.42. The van der Waals surface area contributed by atoms with Crippen LogP contribution in [0.1, 0.15) is 54.3 Å². The highest BCUT2D eigenvalue weighted by molar-refractivity contribution is 5.75.